The van der Waals surface area contributed by atoms with Crippen molar-refractivity contribution in [2.45, 2.75) is 66.2 Å². The summed E-state index contributed by atoms with van der Waals surface area (Å²) in [7, 11) is 0. The molecule has 0 saturated heterocycles. The monoisotopic (exact) mass is 248 g/mol. The first-order valence-electron chi connectivity index (χ1n) is 5.61. The van der Waals surface area contributed by atoms with Crippen LogP contribution in [0.25, 0.3) is 0 Å². The van der Waals surface area contributed by atoms with E-state index in [0.29, 0.717) is 0 Å². The molecule has 0 heterocycles. The first-order valence-corrected chi connectivity index (χ1v) is 5.61. The smallest absolute Gasteiger partial charge is 0 e. The Hall–Kier alpha value is 0.519. The van der Waals surface area contributed by atoms with E-state index in [-0.39, 0.29) is 17.1 Å². The van der Waals surface area contributed by atoms with Gasteiger partial charge < -0.3 is 20.3 Å². The Bertz CT molecular complexity index is 34.5. The van der Waals surface area contributed by atoms with E-state index in [0.717, 1.165) is 12.8 Å². The van der Waals surface area contributed by atoms with Gasteiger partial charge in [-0.3, -0.25) is 0 Å². The summed E-state index contributed by atoms with van der Waals surface area (Å²) in [4.78, 5) is 0. The standard InChI is InChI=1S/C5H11.2C4H9.Cu/c1-3-5-4-2;2*1-3-4-2;/h3H,4-5H2,1-2H3;2*1,3-4H2,2H3;/q3*-1;. The van der Waals surface area contributed by atoms with Crippen molar-refractivity contribution < 1.29 is 17.1 Å². The molecule has 0 aliphatic rings. The molecule has 0 aromatic rings. The molecule has 0 nitrogen and oxygen atoms in total. The van der Waals surface area contributed by atoms with Crippen molar-refractivity contribution in [1.29, 1.82) is 0 Å². The van der Waals surface area contributed by atoms with E-state index in [1.807, 2.05) is 0 Å². The number of hydrogen-bond donors (Lipinski definition) is 0. The summed E-state index contributed by atoms with van der Waals surface area (Å²) < 4.78 is 0. The van der Waals surface area contributed by atoms with Crippen molar-refractivity contribution in [1.82, 2.24) is 0 Å². The van der Waals surface area contributed by atoms with Gasteiger partial charge in [0.25, 0.3) is 0 Å². The molecule has 0 spiro atoms. The number of hydrogen-bond acceptors (Lipinski definition) is 0. The molecular formula is C13H29Cu-3. The van der Waals surface area contributed by atoms with Gasteiger partial charge in [0.05, 0.1) is 0 Å². The van der Waals surface area contributed by atoms with Gasteiger partial charge in [0.15, 0.2) is 0 Å². The second kappa shape index (κ2) is 37.5. The van der Waals surface area contributed by atoms with Gasteiger partial charge in [0, 0.05) is 17.1 Å². The SMILES string of the molecule is C[CH-]CCC.[CH2-]CCC.[CH2-]CCC.[Cu]. The van der Waals surface area contributed by atoms with Crippen LogP contribution in [0.2, 0.25) is 0 Å². The van der Waals surface area contributed by atoms with Crippen LogP contribution in [0.3, 0.4) is 0 Å². The minimum absolute atomic E-state index is 0. The van der Waals surface area contributed by atoms with Gasteiger partial charge in [-0.2, -0.15) is 26.2 Å². The molecule has 0 saturated carbocycles. The maximum atomic E-state index is 3.60. The molecule has 0 N–H and O–H groups in total. The van der Waals surface area contributed by atoms with Crippen molar-refractivity contribution in [3.63, 3.8) is 0 Å². The largest absolute Gasteiger partial charge is 0.343 e. The average Bonchev–Trinajstić information content (AvgIpc) is 2.20. The number of unbranched alkanes of at least 4 members (excludes halogenated alkanes) is 4. The molecule has 0 atom stereocenters. The molecule has 0 bridgehead atoms. The van der Waals surface area contributed by atoms with E-state index < -0.39 is 0 Å². The Balaban J connectivity index is -0.0000000522. The summed E-state index contributed by atoms with van der Waals surface area (Å²) in [5, 5.41) is 0. The third-order valence-electron chi connectivity index (χ3n) is 1.28. The summed E-state index contributed by atoms with van der Waals surface area (Å²) in [5.74, 6) is 0. The summed E-state index contributed by atoms with van der Waals surface area (Å²) >= 11 is 0. The van der Waals surface area contributed by atoms with Crippen molar-refractivity contribution in [3.8, 4) is 0 Å². The van der Waals surface area contributed by atoms with Crippen LogP contribution in [0.1, 0.15) is 66.2 Å². The Morgan fingerprint density at radius 1 is 0.857 bits per heavy atom. The first kappa shape index (κ1) is 24.0. The third-order valence-corrected chi connectivity index (χ3v) is 1.28. The molecule has 0 fully saturated rings. The average molecular weight is 249 g/mol. The van der Waals surface area contributed by atoms with Crippen LogP contribution in [0.5, 0.6) is 0 Å². The topological polar surface area (TPSA) is 0 Å². The molecule has 1 heteroatoms. The molecule has 0 aliphatic carbocycles. The Morgan fingerprint density at radius 3 is 1.14 bits per heavy atom. The van der Waals surface area contributed by atoms with Crippen molar-refractivity contribution in [2.24, 2.45) is 0 Å². The zero-order valence-electron chi connectivity index (χ0n) is 10.5. The van der Waals surface area contributed by atoms with Crippen molar-refractivity contribution >= 4 is 0 Å². The van der Waals surface area contributed by atoms with E-state index in [1.165, 1.54) is 25.7 Å². The van der Waals surface area contributed by atoms with Crippen LogP contribution >= 0.6 is 0 Å². The van der Waals surface area contributed by atoms with Crippen LogP contribution in [0.15, 0.2) is 0 Å². The second-order valence-electron chi connectivity index (χ2n) is 2.90. The van der Waals surface area contributed by atoms with Crippen LogP contribution < -0.4 is 0 Å². The molecular weight excluding hydrogens is 220 g/mol. The molecule has 95 valence electrons. The Kier molecular flexibility index (Phi) is 64.2. The zero-order chi connectivity index (χ0) is 10.9. The van der Waals surface area contributed by atoms with Crippen LogP contribution in [-0.2, 0) is 17.1 Å². The molecule has 0 amide bonds. The van der Waals surface area contributed by atoms with Crippen LogP contribution in [0, 0.1) is 20.3 Å². The van der Waals surface area contributed by atoms with E-state index in [9.17, 15) is 0 Å². The molecule has 14 heavy (non-hydrogen) atoms. The molecule has 0 aromatic carbocycles. The first-order chi connectivity index (χ1) is 6.24. The van der Waals surface area contributed by atoms with Gasteiger partial charge in [0.1, 0.15) is 0 Å². The minimum Gasteiger partial charge on any atom is -0.343 e. The molecule has 0 aromatic heterocycles. The van der Waals surface area contributed by atoms with Crippen molar-refractivity contribution in [3.05, 3.63) is 20.3 Å². The normalized spacial score (nSPS) is 7.29. The molecule has 1 radical (unpaired) electrons. The summed E-state index contributed by atoms with van der Waals surface area (Å²) in [6.07, 6.45) is 9.29. The van der Waals surface area contributed by atoms with E-state index in [1.54, 1.807) is 0 Å². The fourth-order valence-corrected chi connectivity index (χ4v) is 0.289. The van der Waals surface area contributed by atoms with Crippen LogP contribution in [0.4, 0.5) is 0 Å². The van der Waals surface area contributed by atoms with Gasteiger partial charge in [-0.25, -0.2) is 0 Å². The van der Waals surface area contributed by atoms with Gasteiger partial charge in [-0.05, 0) is 0 Å². The van der Waals surface area contributed by atoms with Crippen molar-refractivity contribution in [2.75, 3.05) is 0 Å². The fourth-order valence-electron chi connectivity index (χ4n) is 0.289. The van der Waals surface area contributed by atoms with Crippen LogP contribution in [-0.4, -0.2) is 0 Å². The quantitative estimate of drug-likeness (QED) is 0.471. The summed E-state index contributed by atoms with van der Waals surface area (Å²) in [6.45, 7) is 15.7. The maximum Gasteiger partial charge on any atom is 0 e. The van der Waals surface area contributed by atoms with Gasteiger partial charge in [-0.1, -0.05) is 40.0 Å². The second-order valence-corrected chi connectivity index (χ2v) is 2.90. The Morgan fingerprint density at radius 2 is 1.14 bits per heavy atom. The predicted molar refractivity (Wildman–Crippen MR) is 65.4 cm³/mol. The Labute approximate surface area is 104 Å². The minimum atomic E-state index is 0. The van der Waals surface area contributed by atoms with E-state index >= 15 is 0 Å². The fraction of sp³-hybridized carbons (Fsp3) is 0.769. The van der Waals surface area contributed by atoms with Gasteiger partial charge >= 0.3 is 0 Å². The number of rotatable bonds is 4. The van der Waals surface area contributed by atoms with E-state index in [4.69, 9.17) is 0 Å². The summed E-state index contributed by atoms with van der Waals surface area (Å²) in [6, 6.07) is 0. The van der Waals surface area contributed by atoms with Gasteiger partial charge in [0.2, 0.25) is 0 Å². The molecule has 0 unspecified atom stereocenters. The summed E-state index contributed by atoms with van der Waals surface area (Å²) in [5.41, 5.74) is 0. The third kappa shape index (κ3) is 81.3. The molecule has 0 aliphatic heterocycles. The predicted octanol–water partition coefficient (Wildman–Crippen LogP) is 5.25. The van der Waals surface area contributed by atoms with Gasteiger partial charge in [-0.15, -0.1) is 0 Å². The zero-order valence-corrected chi connectivity index (χ0v) is 11.5. The molecule has 0 rings (SSSR count). The maximum absolute atomic E-state index is 3.60. The van der Waals surface area contributed by atoms with E-state index in [2.05, 4.69) is 48.0 Å².